The van der Waals surface area contributed by atoms with Crippen LogP contribution in [0.5, 0.6) is 0 Å². The van der Waals surface area contributed by atoms with E-state index >= 15 is 0 Å². The molecule has 2 aliphatic rings. The van der Waals surface area contributed by atoms with Gasteiger partial charge in [-0.2, -0.15) is 0 Å². The molecular weight excluding hydrogens is 259 g/mol. The number of hydrazine groups is 1. The summed E-state index contributed by atoms with van der Waals surface area (Å²) in [6, 6.07) is -0.792. The van der Waals surface area contributed by atoms with E-state index in [0.717, 1.165) is 11.1 Å². The van der Waals surface area contributed by atoms with Gasteiger partial charge in [-0.25, -0.2) is 10.4 Å². The second-order valence-electron chi connectivity index (χ2n) is 4.57. The zero-order valence-electron chi connectivity index (χ0n) is 10.8. The molecular formula is C12H15N2NaO4. The molecule has 1 saturated heterocycles. The van der Waals surface area contributed by atoms with Gasteiger partial charge in [0.2, 0.25) is 5.91 Å². The first-order chi connectivity index (χ1) is 8.37. The molecule has 0 saturated carbocycles. The van der Waals surface area contributed by atoms with Gasteiger partial charge in [-0.15, -0.1) is 0 Å². The van der Waals surface area contributed by atoms with Gasteiger partial charge in [0.25, 0.3) is 0 Å². The van der Waals surface area contributed by atoms with E-state index in [9.17, 15) is 20.1 Å². The van der Waals surface area contributed by atoms with Crippen molar-refractivity contribution in [2.45, 2.75) is 24.8 Å². The van der Waals surface area contributed by atoms with E-state index in [-0.39, 0.29) is 42.5 Å². The van der Waals surface area contributed by atoms with Gasteiger partial charge < -0.3 is 20.1 Å². The van der Waals surface area contributed by atoms with Crippen molar-refractivity contribution in [3.05, 3.63) is 36.0 Å². The Balaban J connectivity index is 0.00000180. The molecule has 2 atom stereocenters. The molecule has 3 N–H and O–H groups in total. The van der Waals surface area contributed by atoms with E-state index in [4.69, 9.17) is 0 Å². The molecule has 7 heteroatoms. The van der Waals surface area contributed by atoms with Crippen LogP contribution in [0.4, 0.5) is 0 Å². The molecule has 1 fully saturated rings. The third-order valence-corrected chi connectivity index (χ3v) is 2.82. The van der Waals surface area contributed by atoms with Crippen molar-refractivity contribution in [3.63, 3.8) is 0 Å². The number of carboxylic acid groups (broad SMARTS) is 1. The van der Waals surface area contributed by atoms with Gasteiger partial charge in [0.15, 0.2) is 0 Å². The van der Waals surface area contributed by atoms with Crippen LogP contribution < -0.4 is 40.1 Å². The Morgan fingerprint density at radius 2 is 2.26 bits per heavy atom. The number of aliphatic hydroxyl groups is 2. The monoisotopic (exact) mass is 274 g/mol. The maximum atomic E-state index is 10.5. The summed E-state index contributed by atoms with van der Waals surface area (Å²) in [5.41, 5.74) is 4.06. The van der Waals surface area contributed by atoms with Crippen molar-refractivity contribution in [2.75, 3.05) is 6.54 Å². The zero-order chi connectivity index (χ0) is 13.3. The van der Waals surface area contributed by atoms with E-state index in [1.54, 1.807) is 6.08 Å². The minimum absolute atomic E-state index is 0. The SMILES string of the molecule is C=C1C=CC(CC(O)(O)NN2CC2C(=O)[O-])=CC1.[Na+]. The maximum Gasteiger partial charge on any atom is 1.00 e. The standard InChI is InChI=1S/C12H16N2O4.Na/c1-8-2-4-9(5-3-8)6-12(17,18)13-14-7-10(14)11(15)16;/h2,4-5,10,13,17-18H,1,3,6-7H2,(H,15,16);/q;+1/p-1. The molecule has 0 aromatic heterocycles. The van der Waals surface area contributed by atoms with Crippen LogP contribution >= 0.6 is 0 Å². The second kappa shape index (κ2) is 6.32. The van der Waals surface area contributed by atoms with E-state index < -0.39 is 17.9 Å². The summed E-state index contributed by atoms with van der Waals surface area (Å²) >= 11 is 0. The average Bonchev–Trinajstić information content (AvgIpc) is 2.99. The van der Waals surface area contributed by atoms with Crippen LogP contribution in [0.2, 0.25) is 0 Å². The number of allylic oxidation sites excluding steroid dienone is 4. The van der Waals surface area contributed by atoms with Crippen LogP contribution in [0, 0.1) is 0 Å². The molecule has 0 amide bonds. The first-order valence-electron chi connectivity index (χ1n) is 5.62. The minimum Gasteiger partial charge on any atom is -0.548 e. The third-order valence-electron chi connectivity index (χ3n) is 2.82. The third kappa shape index (κ3) is 4.85. The fourth-order valence-corrected chi connectivity index (χ4v) is 1.77. The van der Waals surface area contributed by atoms with Crippen LogP contribution in [-0.2, 0) is 4.79 Å². The van der Waals surface area contributed by atoms with E-state index in [1.807, 2.05) is 12.2 Å². The summed E-state index contributed by atoms with van der Waals surface area (Å²) in [4.78, 5) is 10.5. The van der Waals surface area contributed by atoms with Crippen molar-refractivity contribution < 1.29 is 49.7 Å². The van der Waals surface area contributed by atoms with Crippen molar-refractivity contribution in [2.24, 2.45) is 0 Å². The largest absolute Gasteiger partial charge is 1.00 e. The number of nitrogens with one attached hydrogen (secondary N) is 1. The number of carbonyl (C=O) groups excluding carboxylic acids is 1. The maximum absolute atomic E-state index is 10.5. The molecule has 0 aromatic carbocycles. The van der Waals surface area contributed by atoms with E-state index in [0.29, 0.717) is 6.42 Å². The number of carboxylic acids is 1. The fraction of sp³-hybridized carbons (Fsp3) is 0.417. The van der Waals surface area contributed by atoms with E-state index in [1.165, 1.54) is 5.01 Å². The van der Waals surface area contributed by atoms with Crippen molar-refractivity contribution in [1.29, 1.82) is 0 Å². The smallest absolute Gasteiger partial charge is 0.548 e. The quantitative estimate of drug-likeness (QED) is 0.265. The topological polar surface area (TPSA) is 95.6 Å². The summed E-state index contributed by atoms with van der Waals surface area (Å²) in [5.74, 6) is -3.40. The van der Waals surface area contributed by atoms with Crippen LogP contribution in [0.25, 0.3) is 0 Å². The molecule has 1 aliphatic heterocycles. The Morgan fingerprint density at radius 3 is 2.74 bits per heavy atom. The first kappa shape index (κ1) is 16.6. The van der Waals surface area contributed by atoms with Gasteiger partial charge in [-0.1, -0.05) is 30.4 Å². The van der Waals surface area contributed by atoms with Gasteiger partial charge in [0.1, 0.15) is 0 Å². The van der Waals surface area contributed by atoms with Crippen LogP contribution in [0.1, 0.15) is 12.8 Å². The van der Waals surface area contributed by atoms with Gasteiger partial charge in [0, 0.05) is 13.0 Å². The molecule has 0 radical (unpaired) electrons. The van der Waals surface area contributed by atoms with Crippen molar-refractivity contribution in [3.8, 4) is 0 Å². The van der Waals surface area contributed by atoms with Gasteiger partial charge in [-0.3, -0.25) is 0 Å². The predicted molar refractivity (Wildman–Crippen MR) is 61.4 cm³/mol. The Bertz CT molecular complexity index is 445. The molecule has 0 bridgehead atoms. The first-order valence-corrected chi connectivity index (χ1v) is 5.62. The van der Waals surface area contributed by atoms with Gasteiger partial charge in [0.05, 0.1) is 12.0 Å². The van der Waals surface area contributed by atoms with Crippen LogP contribution in [0.3, 0.4) is 0 Å². The average molecular weight is 274 g/mol. The normalized spacial score (nSPS) is 25.6. The number of carbonyl (C=O) groups is 1. The molecule has 2 rings (SSSR count). The minimum atomic E-state index is -2.17. The van der Waals surface area contributed by atoms with Crippen LogP contribution in [0.15, 0.2) is 36.0 Å². The molecule has 0 aromatic rings. The summed E-state index contributed by atoms with van der Waals surface area (Å²) in [7, 11) is 0. The molecule has 1 heterocycles. The van der Waals surface area contributed by atoms with Gasteiger partial charge >= 0.3 is 29.6 Å². The molecule has 2 unspecified atom stereocenters. The van der Waals surface area contributed by atoms with Crippen molar-refractivity contribution in [1.82, 2.24) is 10.4 Å². The zero-order valence-corrected chi connectivity index (χ0v) is 12.8. The molecule has 6 nitrogen and oxygen atoms in total. The summed E-state index contributed by atoms with van der Waals surface area (Å²) in [5, 5.41) is 31.2. The molecule has 98 valence electrons. The van der Waals surface area contributed by atoms with Crippen molar-refractivity contribution >= 4 is 5.97 Å². The number of rotatable bonds is 5. The summed E-state index contributed by atoms with van der Waals surface area (Å²) < 4.78 is 0. The fourth-order valence-electron chi connectivity index (χ4n) is 1.77. The number of hydrogen-bond donors (Lipinski definition) is 3. The predicted octanol–water partition coefficient (Wildman–Crippen LogP) is -4.60. The molecule has 1 aliphatic carbocycles. The summed E-state index contributed by atoms with van der Waals surface area (Å²) in [6.07, 6.45) is 6.06. The second-order valence-corrected chi connectivity index (χ2v) is 4.57. The van der Waals surface area contributed by atoms with Crippen LogP contribution in [-0.4, -0.2) is 39.7 Å². The number of aliphatic carboxylic acids is 1. The Hall–Kier alpha value is -0.470. The Labute approximate surface area is 133 Å². The molecule has 0 spiro atoms. The summed E-state index contributed by atoms with van der Waals surface area (Å²) in [6.45, 7) is 3.99. The van der Waals surface area contributed by atoms with Gasteiger partial charge in [-0.05, 0) is 12.0 Å². The number of nitrogens with zero attached hydrogens (tertiary/aromatic N) is 1. The molecule has 19 heavy (non-hydrogen) atoms. The number of hydrogen-bond acceptors (Lipinski definition) is 6. The Kier molecular flexibility index (Phi) is 5.52. The van der Waals surface area contributed by atoms with E-state index in [2.05, 4.69) is 12.0 Å². The Morgan fingerprint density at radius 1 is 1.58 bits per heavy atom.